The van der Waals surface area contributed by atoms with Crippen molar-refractivity contribution in [1.82, 2.24) is 20.3 Å². The minimum atomic E-state index is -0.820. The quantitative estimate of drug-likeness (QED) is 0.204. The summed E-state index contributed by atoms with van der Waals surface area (Å²) in [4.78, 5) is 38.5. The maximum atomic E-state index is 13.0. The molecular formula is C25H24N4O4S. The van der Waals surface area contributed by atoms with Gasteiger partial charge in [0.25, 0.3) is 5.91 Å². The van der Waals surface area contributed by atoms with E-state index in [0.717, 1.165) is 21.5 Å². The number of H-pyrrole nitrogens is 1. The number of esters is 1. The molecule has 1 atom stereocenters. The molecular weight excluding hydrogens is 452 g/mol. The van der Waals surface area contributed by atoms with E-state index in [4.69, 9.17) is 9.47 Å². The van der Waals surface area contributed by atoms with Crippen molar-refractivity contribution in [3.8, 4) is 11.4 Å². The Hall–Kier alpha value is -3.69. The van der Waals surface area contributed by atoms with Gasteiger partial charge in [0.05, 0.1) is 17.6 Å². The smallest absolute Gasteiger partial charge is 0.329 e. The van der Waals surface area contributed by atoms with Crippen LogP contribution in [0.4, 0.5) is 0 Å². The van der Waals surface area contributed by atoms with E-state index in [1.54, 1.807) is 30.6 Å². The first-order valence-corrected chi connectivity index (χ1v) is 11.7. The maximum absolute atomic E-state index is 13.0. The molecule has 0 fully saturated rings. The van der Waals surface area contributed by atoms with Crippen molar-refractivity contribution < 1.29 is 19.1 Å². The lowest BCUT2D eigenvalue weighted by Gasteiger charge is -2.17. The number of pyridine rings is 1. The summed E-state index contributed by atoms with van der Waals surface area (Å²) in [7, 11) is 1.53. The van der Waals surface area contributed by atoms with Gasteiger partial charge in [0.15, 0.2) is 0 Å². The zero-order chi connectivity index (χ0) is 23.8. The number of rotatable bonds is 10. The molecule has 2 aromatic heterocycles. The Morgan fingerprint density at radius 2 is 1.85 bits per heavy atom. The molecule has 1 amide bonds. The number of nitrogens with one attached hydrogen (secondary N) is 2. The molecule has 2 aromatic carbocycles. The fourth-order valence-electron chi connectivity index (χ4n) is 3.23. The van der Waals surface area contributed by atoms with Crippen LogP contribution in [-0.4, -0.2) is 58.9 Å². The van der Waals surface area contributed by atoms with E-state index in [1.807, 2.05) is 42.5 Å². The van der Waals surface area contributed by atoms with Crippen molar-refractivity contribution in [3.05, 3.63) is 78.6 Å². The Bertz CT molecular complexity index is 1250. The number of aromatic amines is 1. The maximum Gasteiger partial charge on any atom is 0.329 e. The minimum Gasteiger partial charge on any atom is -0.462 e. The van der Waals surface area contributed by atoms with Crippen molar-refractivity contribution >= 4 is 34.7 Å². The molecule has 0 spiro atoms. The van der Waals surface area contributed by atoms with Crippen LogP contribution in [0.5, 0.6) is 0 Å². The van der Waals surface area contributed by atoms with Crippen LogP contribution in [0, 0.1) is 0 Å². The fraction of sp³-hybridized carbons (Fsp3) is 0.200. The van der Waals surface area contributed by atoms with Crippen molar-refractivity contribution in [2.45, 2.75) is 10.9 Å². The second-order valence-corrected chi connectivity index (χ2v) is 8.46. The summed E-state index contributed by atoms with van der Waals surface area (Å²) in [5.41, 5.74) is 2.77. The van der Waals surface area contributed by atoms with Crippen LogP contribution < -0.4 is 5.32 Å². The highest BCUT2D eigenvalue weighted by atomic mass is 32.2. The van der Waals surface area contributed by atoms with Crippen LogP contribution in [0.1, 0.15) is 10.4 Å². The standard InChI is InChI=1S/C25H24N4O4S/c1-32-13-14-33-25(31)22(16-34-19-5-3-2-4-6-19)29-24(30)18-7-8-20-21(15-18)28-23(27-20)17-9-11-26-12-10-17/h2-12,15,22H,13-14,16H2,1H3,(H,27,28)(H,29,30)/t22-/m0/s1. The molecule has 0 aliphatic rings. The summed E-state index contributed by atoms with van der Waals surface area (Å²) < 4.78 is 10.2. The number of amides is 1. The fourth-order valence-corrected chi connectivity index (χ4v) is 4.16. The number of hydrogen-bond acceptors (Lipinski definition) is 7. The van der Waals surface area contributed by atoms with Crippen LogP contribution >= 0.6 is 11.8 Å². The summed E-state index contributed by atoms with van der Waals surface area (Å²) >= 11 is 1.47. The number of aromatic nitrogens is 3. The van der Waals surface area contributed by atoms with Crippen molar-refractivity contribution in [2.75, 3.05) is 26.1 Å². The number of imidazole rings is 1. The van der Waals surface area contributed by atoms with Gasteiger partial charge < -0.3 is 19.8 Å². The molecule has 2 N–H and O–H groups in total. The highest BCUT2D eigenvalue weighted by Crippen LogP contribution is 2.22. The second-order valence-electron chi connectivity index (χ2n) is 7.36. The predicted octanol–water partition coefficient (Wildman–Crippen LogP) is 3.71. The topological polar surface area (TPSA) is 106 Å². The Balaban J connectivity index is 1.49. The number of methoxy groups -OCH3 is 1. The van der Waals surface area contributed by atoms with Crippen LogP contribution in [0.2, 0.25) is 0 Å². The molecule has 0 unspecified atom stereocenters. The normalized spacial score (nSPS) is 11.8. The number of ether oxygens (including phenoxy) is 2. The van der Waals surface area contributed by atoms with Gasteiger partial charge in [-0.05, 0) is 42.5 Å². The predicted molar refractivity (Wildman–Crippen MR) is 131 cm³/mol. The number of fused-ring (bicyclic) bond motifs is 1. The van der Waals surface area contributed by atoms with Crippen LogP contribution in [0.3, 0.4) is 0 Å². The zero-order valence-electron chi connectivity index (χ0n) is 18.6. The van der Waals surface area contributed by atoms with Gasteiger partial charge in [-0.3, -0.25) is 9.78 Å². The highest BCUT2D eigenvalue weighted by molar-refractivity contribution is 7.99. The lowest BCUT2D eigenvalue weighted by molar-refractivity contribution is -0.146. The Morgan fingerprint density at radius 3 is 2.62 bits per heavy atom. The molecule has 2 heterocycles. The molecule has 34 heavy (non-hydrogen) atoms. The average molecular weight is 477 g/mol. The first-order chi connectivity index (χ1) is 16.6. The number of hydrogen-bond donors (Lipinski definition) is 2. The van der Waals surface area contributed by atoms with Gasteiger partial charge in [0, 0.05) is 41.3 Å². The minimum absolute atomic E-state index is 0.121. The van der Waals surface area contributed by atoms with E-state index < -0.39 is 12.0 Å². The van der Waals surface area contributed by atoms with Crippen LogP contribution in [0.15, 0.2) is 78.0 Å². The molecule has 174 valence electrons. The summed E-state index contributed by atoms with van der Waals surface area (Å²) in [5.74, 6) is 0.148. The van der Waals surface area contributed by atoms with E-state index >= 15 is 0 Å². The number of carbonyl (C=O) groups is 2. The SMILES string of the molecule is COCCOC(=O)[C@H](CSc1ccccc1)NC(=O)c1ccc2nc(-c3ccncc3)[nH]c2c1. The molecule has 0 radical (unpaired) electrons. The number of carbonyl (C=O) groups excluding carboxylic acids is 2. The van der Waals surface area contributed by atoms with Crippen molar-refractivity contribution in [1.29, 1.82) is 0 Å². The van der Waals surface area contributed by atoms with E-state index in [0.29, 0.717) is 17.1 Å². The first kappa shape index (κ1) is 23.5. The highest BCUT2D eigenvalue weighted by Gasteiger charge is 2.23. The molecule has 4 aromatic rings. The lowest BCUT2D eigenvalue weighted by atomic mass is 10.1. The van der Waals surface area contributed by atoms with E-state index in [-0.39, 0.29) is 19.1 Å². The Morgan fingerprint density at radius 1 is 1.06 bits per heavy atom. The number of nitrogens with zero attached hydrogens (tertiary/aromatic N) is 2. The molecule has 0 aliphatic heterocycles. The zero-order valence-corrected chi connectivity index (χ0v) is 19.4. The monoisotopic (exact) mass is 476 g/mol. The van der Waals surface area contributed by atoms with Gasteiger partial charge in [0.1, 0.15) is 18.5 Å². The van der Waals surface area contributed by atoms with Gasteiger partial charge in [-0.1, -0.05) is 18.2 Å². The van der Waals surface area contributed by atoms with Crippen LogP contribution in [0.25, 0.3) is 22.4 Å². The summed E-state index contributed by atoms with van der Waals surface area (Å²) in [6, 6.07) is 17.7. The van der Waals surface area contributed by atoms with E-state index in [2.05, 4.69) is 20.3 Å². The Kier molecular flexibility index (Phi) is 7.90. The van der Waals surface area contributed by atoms with Gasteiger partial charge in [-0.2, -0.15) is 0 Å². The van der Waals surface area contributed by atoms with Gasteiger partial charge in [-0.15, -0.1) is 11.8 Å². The average Bonchev–Trinajstić information content (AvgIpc) is 3.31. The second kappa shape index (κ2) is 11.4. The third kappa shape index (κ3) is 6.00. The molecule has 0 bridgehead atoms. The van der Waals surface area contributed by atoms with Crippen molar-refractivity contribution in [3.63, 3.8) is 0 Å². The van der Waals surface area contributed by atoms with Crippen molar-refractivity contribution in [2.24, 2.45) is 0 Å². The molecule has 0 saturated heterocycles. The van der Waals surface area contributed by atoms with Gasteiger partial charge in [-0.25, -0.2) is 9.78 Å². The largest absolute Gasteiger partial charge is 0.462 e. The molecule has 9 heteroatoms. The van der Waals surface area contributed by atoms with Gasteiger partial charge >= 0.3 is 5.97 Å². The molecule has 0 saturated carbocycles. The molecule has 0 aliphatic carbocycles. The van der Waals surface area contributed by atoms with E-state index in [1.165, 1.54) is 18.9 Å². The molecule has 4 rings (SSSR count). The summed E-state index contributed by atoms with van der Waals surface area (Å²) in [6.45, 7) is 0.407. The Labute approximate surface area is 201 Å². The number of thioether (sulfide) groups is 1. The summed E-state index contributed by atoms with van der Waals surface area (Å²) in [5, 5.41) is 2.82. The first-order valence-electron chi connectivity index (χ1n) is 10.7. The third-order valence-electron chi connectivity index (χ3n) is 4.98. The lowest BCUT2D eigenvalue weighted by Crippen LogP contribution is -2.44. The van der Waals surface area contributed by atoms with Gasteiger partial charge in [0.2, 0.25) is 0 Å². The third-order valence-corrected chi connectivity index (χ3v) is 6.08. The van der Waals surface area contributed by atoms with Crippen LogP contribution in [-0.2, 0) is 14.3 Å². The number of benzene rings is 2. The van der Waals surface area contributed by atoms with E-state index in [9.17, 15) is 9.59 Å². The molecule has 8 nitrogen and oxygen atoms in total. The summed E-state index contributed by atoms with van der Waals surface area (Å²) in [6.07, 6.45) is 3.39.